The third-order valence-corrected chi connectivity index (χ3v) is 2.64. The lowest BCUT2D eigenvalue weighted by Gasteiger charge is -2.00. The molecular formula is C8H3Cl2IN2O. The Morgan fingerprint density at radius 3 is 2.29 bits per heavy atom. The van der Waals surface area contributed by atoms with Gasteiger partial charge in [0.2, 0.25) is 0 Å². The number of rotatable bonds is 1. The first-order chi connectivity index (χ1) is 6.68. The molecule has 6 heteroatoms. The van der Waals surface area contributed by atoms with Gasteiger partial charge in [-0.05, 0) is 12.1 Å². The van der Waals surface area contributed by atoms with Gasteiger partial charge in [-0.1, -0.05) is 29.3 Å². The van der Waals surface area contributed by atoms with E-state index >= 15 is 0 Å². The van der Waals surface area contributed by atoms with E-state index in [1.54, 1.807) is 18.2 Å². The molecule has 0 aliphatic heterocycles. The van der Waals surface area contributed by atoms with Gasteiger partial charge in [-0.25, -0.2) is 0 Å². The summed E-state index contributed by atoms with van der Waals surface area (Å²) >= 11 is 13.8. The molecule has 72 valence electrons. The van der Waals surface area contributed by atoms with Crippen LogP contribution in [0.5, 0.6) is 0 Å². The highest BCUT2D eigenvalue weighted by Gasteiger charge is 2.14. The molecule has 0 aliphatic carbocycles. The van der Waals surface area contributed by atoms with Crippen LogP contribution in [0, 0.1) is 3.90 Å². The van der Waals surface area contributed by atoms with Crippen LogP contribution in [0.15, 0.2) is 22.6 Å². The summed E-state index contributed by atoms with van der Waals surface area (Å²) in [7, 11) is 0. The molecule has 0 spiro atoms. The third-order valence-electron chi connectivity index (χ3n) is 1.58. The van der Waals surface area contributed by atoms with Crippen molar-refractivity contribution in [1.29, 1.82) is 0 Å². The maximum absolute atomic E-state index is 5.96. The van der Waals surface area contributed by atoms with Crippen molar-refractivity contribution in [3.05, 3.63) is 32.1 Å². The molecule has 2 aromatic rings. The summed E-state index contributed by atoms with van der Waals surface area (Å²) in [4.78, 5) is 0. The Bertz CT molecular complexity index is 452. The second-order valence-corrected chi connectivity index (χ2v) is 4.19. The highest BCUT2D eigenvalue weighted by atomic mass is 127. The van der Waals surface area contributed by atoms with Crippen LogP contribution in [0.1, 0.15) is 0 Å². The van der Waals surface area contributed by atoms with E-state index in [0.717, 1.165) is 0 Å². The van der Waals surface area contributed by atoms with E-state index < -0.39 is 0 Å². The molecule has 3 nitrogen and oxygen atoms in total. The molecule has 0 saturated carbocycles. The minimum Gasteiger partial charge on any atom is -0.412 e. The fraction of sp³-hybridized carbons (Fsp3) is 0. The zero-order chi connectivity index (χ0) is 10.1. The SMILES string of the molecule is Clc1cccc(Cl)c1-c1nnc(I)o1. The molecule has 0 N–H and O–H groups in total. The van der Waals surface area contributed by atoms with Crippen LogP contribution in [-0.2, 0) is 0 Å². The maximum Gasteiger partial charge on any atom is 0.278 e. The van der Waals surface area contributed by atoms with Crippen molar-refractivity contribution >= 4 is 45.8 Å². The summed E-state index contributed by atoms with van der Waals surface area (Å²) in [5.41, 5.74) is 0.575. The van der Waals surface area contributed by atoms with E-state index in [4.69, 9.17) is 27.6 Å². The molecule has 0 fully saturated rings. The fourth-order valence-corrected chi connectivity index (χ4v) is 1.88. The quantitative estimate of drug-likeness (QED) is 0.744. The predicted molar refractivity (Wildman–Crippen MR) is 62.5 cm³/mol. The topological polar surface area (TPSA) is 38.9 Å². The standard InChI is InChI=1S/C8H3Cl2IN2O/c9-4-2-1-3-5(10)6(4)7-12-13-8(11)14-7/h1-3H. The number of halogens is 3. The van der Waals surface area contributed by atoms with Gasteiger partial charge < -0.3 is 4.42 Å². The van der Waals surface area contributed by atoms with Crippen LogP contribution >= 0.6 is 45.8 Å². The van der Waals surface area contributed by atoms with Crippen molar-refractivity contribution in [2.24, 2.45) is 0 Å². The molecule has 0 atom stereocenters. The average molecular weight is 341 g/mol. The molecule has 1 aromatic heterocycles. The predicted octanol–water partition coefficient (Wildman–Crippen LogP) is 3.65. The Labute approximate surface area is 104 Å². The molecule has 0 saturated heterocycles. The van der Waals surface area contributed by atoms with Crippen LogP contribution in [-0.4, -0.2) is 10.2 Å². The van der Waals surface area contributed by atoms with Crippen molar-refractivity contribution < 1.29 is 4.42 Å². The molecular weight excluding hydrogens is 338 g/mol. The number of aromatic nitrogens is 2. The number of hydrogen-bond acceptors (Lipinski definition) is 3. The van der Waals surface area contributed by atoms with E-state index in [2.05, 4.69) is 10.2 Å². The fourth-order valence-electron chi connectivity index (χ4n) is 1.01. The number of benzene rings is 1. The smallest absolute Gasteiger partial charge is 0.278 e. The van der Waals surface area contributed by atoms with Gasteiger partial charge in [-0.3, -0.25) is 0 Å². The molecule has 1 aromatic carbocycles. The lowest BCUT2D eigenvalue weighted by molar-refractivity contribution is 0.537. The van der Waals surface area contributed by atoms with Gasteiger partial charge in [0, 0.05) is 22.6 Å². The second kappa shape index (κ2) is 4.04. The first-order valence-corrected chi connectivity index (χ1v) is 5.45. The van der Waals surface area contributed by atoms with E-state index in [1.165, 1.54) is 0 Å². The van der Waals surface area contributed by atoms with Gasteiger partial charge in [0.25, 0.3) is 9.79 Å². The van der Waals surface area contributed by atoms with Crippen molar-refractivity contribution in [3.63, 3.8) is 0 Å². The minimum atomic E-state index is 0.338. The van der Waals surface area contributed by atoms with E-state index in [-0.39, 0.29) is 0 Å². The molecule has 0 unspecified atom stereocenters. The molecule has 0 radical (unpaired) electrons. The van der Waals surface area contributed by atoms with Crippen LogP contribution in [0.3, 0.4) is 0 Å². The molecule has 0 amide bonds. The molecule has 2 rings (SSSR count). The summed E-state index contributed by atoms with van der Waals surface area (Å²) in [6.45, 7) is 0. The Balaban J connectivity index is 2.61. The molecule has 14 heavy (non-hydrogen) atoms. The average Bonchev–Trinajstić information content (AvgIpc) is 2.51. The highest BCUT2D eigenvalue weighted by molar-refractivity contribution is 14.1. The summed E-state index contributed by atoms with van der Waals surface area (Å²) in [6.07, 6.45) is 0. The van der Waals surface area contributed by atoms with Crippen LogP contribution < -0.4 is 0 Å². The molecule has 1 heterocycles. The Morgan fingerprint density at radius 2 is 1.79 bits per heavy atom. The lowest BCUT2D eigenvalue weighted by atomic mass is 10.2. The van der Waals surface area contributed by atoms with Crippen LogP contribution in [0.4, 0.5) is 0 Å². The Hall–Kier alpha value is -0.330. The zero-order valence-corrected chi connectivity index (χ0v) is 10.3. The van der Waals surface area contributed by atoms with Gasteiger partial charge >= 0.3 is 0 Å². The van der Waals surface area contributed by atoms with E-state index in [1.807, 2.05) is 22.6 Å². The van der Waals surface area contributed by atoms with Crippen molar-refractivity contribution in [1.82, 2.24) is 10.2 Å². The normalized spacial score (nSPS) is 10.5. The summed E-state index contributed by atoms with van der Waals surface area (Å²) in [5.74, 6) is 0.338. The zero-order valence-electron chi connectivity index (χ0n) is 6.67. The summed E-state index contributed by atoms with van der Waals surface area (Å²) in [5, 5.41) is 8.54. The second-order valence-electron chi connectivity index (χ2n) is 2.46. The third kappa shape index (κ3) is 1.87. The van der Waals surface area contributed by atoms with Crippen molar-refractivity contribution in [2.75, 3.05) is 0 Å². The van der Waals surface area contributed by atoms with Gasteiger partial charge in [-0.2, -0.15) is 0 Å². The highest BCUT2D eigenvalue weighted by Crippen LogP contribution is 2.33. The number of nitrogens with zero attached hydrogens (tertiary/aromatic N) is 2. The summed E-state index contributed by atoms with van der Waals surface area (Å²) < 4.78 is 5.68. The van der Waals surface area contributed by atoms with E-state index in [9.17, 15) is 0 Å². The lowest BCUT2D eigenvalue weighted by Crippen LogP contribution is -1.81. The van der Waals surface area contributed by atoms with Gasteiger partial charge in [0.15, 0.2) is 0 Å². The molecule has 0 aliphatic rings. The summed E-state index contributed by atoms with van der Waals surface area (Å²) in [6, 6.07) is 5.20. The van der Waals surface area contributed by atoms with Crippen LogP contribution in [0.25, 0.3) is 11.5 Å². The van der Waals surface area contributed by atoms with Crippen molar-refractivity contribution in [2.45, 2.75) is 0 Å². The monoisotopic (exact) mass is 340 g/mol. The first kappa shape index (κ1) is 10.2. The molecule has 0 bridgehead atoms. The largest absolute Gasteiger partial charge is 0.412 e. The van der Waals surface area contributed by atoms with E-state index in [0.29, 0.717) is 25.4 Å². The maximum atomic E-state index is 5.96. The first-order valence-electron chi connectivity index (χ1n) is 3.62. The van der Waals surface area contributed by atoms with Gasteiger partial charge in [0.1, 0.15) is 0 Å². The Morgan fingerprint density at radius 1 is 1.14 bits per heavy atom. The minimum absolute atomic E-state index is 0.338. The number of hydrogen-bond donors (Lipinski definition) is 0. The van der Waals surface area contributed by atoms with Gasteiger partial charge in [0.05, 0.1) is 15.6 Å². The Kier molecular flexibility index (Phi) is 2.94. The van der Waals surface area contributed by atoms with Crippen LogP contribution in [0.2, 0.25) is 10.0 Å². The van der Waals surface area contributed by atoms with Gasteiger partial charge in [-0.15, -0.1) is 10.2 Å². The van der Waals surface area contributed by atoms with Crippen molar-refractivity contribution in [3.8, 4) is 11.5 Å².